The van der Waals surface area contributed by atoms with Gasteiger partial charge in [-0.1, -0.05) is 19.0 Å². The molecule has 27 heavy (non-hydrogen) atoms. The average Bonchev–Trinajstić information content (AvgIpc) is 3.42. The van der Waals surface area contributed by atoms with Crippen molar-refractivity contribution in [2.75, 3.05) is 31.1 Å². The summed E-state index contributed by atoms with van der Waals surface area (Å²) in [5.41, 5.74) is 0.374. The number of ether oxygens (including phenoxy) is 1. The first-order valence-corrected chi connectivity index (χ1v) is 9.74. The highest BCUT2D eigenvalue weighted by Crippen LogP contribution is 2.30. The molecule has 2 saturated heterocycles. The normalized spacial score (nSPS) is 19.9. The summed E-state index contributed by atoms with van der Waals surface area (Å²) in [5, 5.41) is 3.93. The third-order valence-electron chi connectivity index (χ3n) is 5.20. The summed E-state index contributed by atoms with van der Waals surface area (Å²) in [6.45, 7) is 7.28. The predicted molar refractivity (Wildman–Crippen MR) is 101 cm³/mol. The Morgan fingerprint density at radius 1 is 1.30 bits per heavy atom. The second-order valence-electron chi connectivity index (χ2n) is 7.57. The summed E-state index contributed by atoms with van der Waals surface area (Å²) >= 11 is 0. The predicted octanol–water partition coefficient (Wildman–Crippen LogP) is 3.09. The molecule has 2 aromatic rings. The van der Waals surface area contributed by atoms with Crippen LogP contribution in [0.4, 0.5) is 5.82 Å². The maximum absolute atomic E-state index is 12.7. The molecule has 4 heterocycles. The quantitative estimate of drug-likeness (QED) is 0.805. The number of aromatic nitrogens is 2. The molecule has 7 nitrogen and oxygen atoms in total. The molecule has 7 heteroatoms. The molecule has 2 fully saturated rings. The van der Waals surface area contributed by atoms with Gasteiger partial charge in [0.15, 0.2) is 17.3 Å². The van der Waals surface area contributed by atoms with Crippen LogP contribution in [0.2, 0.25) is 0 Å². The molecular weight excluding hydrogens is 344 g/mol. The van der Waals surface area contributed by atoms with Gasteiger partial charge in [-0.05, 0) is 25.0 Å². The fourth-order valence-corrected chi connectivity index (χ4v) is 3.65. The molecule has 2 aromatic heterocycles. The number of hydrogen-bond donors (Lipinski definition) is 0. The molecule has 0 aliphatic carbocycles. The van der Waals surface area contributed by atoms with E-state index in [0.717, 1.165) is 36.8 Å². The Balaban J connectivity index is 1.40. The molecule has 0 N–H and O–H groups in total. The van der Waals surface area contributed by atoms with E-state index in [1.807, 2.05) is 32.2 Å². The standard InChI is InChI=1S/C20H26N4O3/c1-14(2)18-12-16(22-27-18)20(25)24-11-7-15(13-24)26-17-6-5-8-21-19(17)23-9-3-4-10-23/h5-6,8,12,14-15H,3-4,7,9-11,13H2,1-2H3/t15-/m1/s1. The van der Waals surface area contributed by atoms with E-state index >= 15 is 0 Å². The topological polar surface area (TPSA) is 71.7 Å². The van der Waals surface area contributed by atoms with E-state index in [2.05, 4.69) is 15.0 Å². The summed E-state index contributed by atoms with van der Waals surface area (Å²) in [7, 11) is 0. The molecule has 1 atom stereocenters. The largest absolute Gasteiger partial charge is 0.485 e. The summed E-state index contributed by atoms with van der Waals surface area (Å²) in [6.07, 6.45) is 4.96. The molecule has 0 saturated carbocycles. The SMILES string of the molecule is CC(C)c1cc(C(=O)N2CC[C@@H](Oc3cccnc3N3CCCC3)C2)no1. The smallest absolute Gasteiger partial charge is 0.276 e. The number of pyridine rings is 1. The zero-order chi connectivity index (χ0) is 18.8. The number of nitrogens with zero attached hydrogens (tertiary/aromatic N) is 4. The number of amides is 1. The Hall–Kier alpha value is -2.57. The number of carbonyl (C=O) groups is 1. The maximum atomic E-state index is 12.7. The van der Waals surface area contributed by atoms with Crippen molar-refractivity contribution >= 4 is 11.7 Å². The van der Waals surface area contributed by atoms with Gasteiger partial charge in [-0.25, -0.2) is 4.98 Å². The lowest BCUT2D eigenvalue weighted by Crippen LogP contribution is -2.31. The van der Waals surface area contributed by atoms with E-state index in [0.29, 0.717) is 18.8 Å². The Morgan fingerprint density at radius 3 is 2.85 bits per heavy atom. The maximum Gasteiger partial charge on any atom is 0.276 e. The first-order valence-electron chi connectivity index (χ1n) is 9.74. The first-order chi connectivity index (χ1) is 13.1. The highest BCUT2D eigenvalue weighted by Gasteiger charge is 2.31. The van der Waals surface area contributed by atoms with Crippen molar-refractivity contribution in [1.82, 2.24) is 15.0 Å². The van der Waals surface area contributed by atoms with Crippen LogP contribution in [0.3, 0.4) is 0 Å². The van der Waals surface area contributed by atoms with Crippen LogP contribution in [-0.2, 0) is 0 Å². The van der Waals surface area contributed by atoms with E-state index in [4.69, 9.17) is 9.26 Å². The number of hydrogen-bond acceptors (Lipinski definition) is 6. The fourth-order valence-electron chi connectivity index (χ4n) is 3.65. The number of anilines is 1. The van der Waals surface area contributed by atoms with Gasteiger partial charge in [0.1, 0.15) is 11.9 Å². The van der Waals surface area contributed by atoms with Gasteiger partial charge >= 0.3 is 0 Å². The van der Waals surface area contributed by atoms with E-state index < -0.39 is 0 Å². The van der Waals surface area contributed by atoms with Crippen molar-refractivity contribution in [3.63, 3.8) is 0 Å². The van der Waals surface area contributed by atoms with Gasteiger partial charge in [0, 0.05) is 44.2 Å². The second-order valence-corrected chi connectivity index (χ2v) is 7.57. The Kier molecular flexibility index (Phi) is 5.01. The second kappa shape index (κ2) is 7.58. The number of carbonyl (C=O) groups excluding carboxylic acids is 1. The van der Waals surface area contributed by atoms with E-state index in [1.165, 1.54) is 12.8 Å². The van der Waals surface area contributed by atoms with Crippen molar-refractivity contribution in [2.45, 2.75) is 45.1 Å². The van der Waals surface area contributed by atoms with Gasteiger partial charge in [0.25, 0.3) is 5.91 Å². The molecule has 0 radical (unpaired) electrons. The third-order valence-corrected chi connectivity index (χ3v) is 5.20. The summed E-state index contributed by atoms with van der Waals surface area (Å²) in [6, 6.07) is 5.61. The van der Waals surface area contributed by atoms with Crippen molar-refractivity contribution < 1.29 is 14.1 Å². The molecule has 0 spiro atoms. The average molecular weight is 370 g/mol. The minimum absolute atomic E-state index is 0.0315. The van der Waals surface area contributed by atoms with Crippen molar-refractivity contribution in [2.24, 2.45) is 0 Å². The first kappa shape index (κ1) is 17.8. The lowest BCUT2D eigenvalue weighted by molar-refractivity contribution is 0.0762. The molecule has 2 aliphatic heterocycles. The van der Waals surface area contributed by atoms with Crippen LogP contribution in [0, 0.1) is 0 Å². The van der Waals surface area contributed by atoms with Crippen LogP contribution in [0.1, 0.15) is 55.3 Å². The van der Waals surface area contributed by atoms with Gasteiger partial charge in [0.2, 0.25) is 0 Å². The molecule has 4 rings (SSSR count). The minimum atomic E-state index is -0.0947. The molecule has 2 aliphatic rings. The van der Waals surface area contributed by atoms with Crippen molar-refractivity contribution in [1.29, 1.82) is 0 Å². The van der Waals surface area contributed by atoms with Crippen LogP contribution in [0.5, 0.6) is 5.75 Å². The minimum Gasteiger partial charge on any atom is -0.485 e. The lowest BCUT2D eigenvalue weighted by Gasteiger charge is -2.22. The monoisotopic (exact) mass is 370 g/mol. The van der Waals surface area contributed by atoms with Crippen molar-refractivity contribution in [3.05, 3.63) is 35.9 Å². The van der Waals surface area contributed by atoms with Gasteiger partial charge in [-0.15, -0.1) is 0 Å². The fraction of sp³-hybridized carbons (Fsp3) is 0.550. The van der Waals surface area contributed by atoms with Crippen LogP contribution in [-0.4, -0.2) is 53.2 Å². The molecule has 1 amide bonds. The van der Waals surface area contributed by atoms with Gasteiger partial charge in [-0.3, -0.25) is 4.79 Å². The molecule has 0 aromatic carbocycles. The van der Waals surface area contributed by atoms with E-state index in [9.17, 15) is 4.79 Å². The highest BCUT2D eigenvalue weighted by molar-refractivity contribution is 5.92. The third kappa shape index (κ3) is 3.77. The number of rotatable bonds is 5. The van der Waals surface area contributed by atoms with Crippen LogP contribution in [0.25, 0.3) is 0 Å². The zero-order valence-corrected chi connectivity index (χ0v) is 15.9. The molecular formula is C20H26N4O3. The molecule has 0 unspecified atom stereocenters. The highest BCUT2D eigenvalue weighted by atomic mass is 16.5. The summed E-state index contributed by atoms with van der Waals surface area (Å²) in [5.74, 6) is 2.57. The lowest BCUT2D eigenvalue weighted by atomic mass is 10.1. The van der Waals surface area contributed by atoms with Gasteiger partial charge < -0.3 is 19.1 Å². The zero-order valence-electron chi connectivity index (χ0n) is 15.9. The van der Waals surface area contributed by atoms with Gasteiger partial charge in [-0.2, -0.15) is 0 Å². The summed E-state index contributed by atoms with van der Waals surface area (Å²) < 4.78 is 11.5. The van der Waals surface area contributed by atoms with E-state index in [-0.39, 0.29) is 17.9 Å². The Bertz CT molecular complexity index is 798. The number of likely N-dealkylation sites (tertiary alicyclic amines) is 1. The molecule has 0 bridgehead atoms. The molecule has 144 valence electrons. The Labute approximate surface area is 159 Å². The van der Waals surface area contributed by atoms with Crippen LogP contribution >= 0.6 is 0 Å². The van der Waals surface area contributed by atoms with Crippen LogP contribution < -0.4 is 9.64 Å². The van der Waals surface area contributed by atoms with Gasteiger partial charge in [0.05, 0.1) is 6.54 Å². The summed E-state index contributed by atoms with van der Waals surface area (Å²) in [4.78, 5) is 21.3. The van der Waals surface area contributed by atoms with Crippen LogP contribution in [0.15, 0.2) is 28.9 Å². The Morgan fingerprint density at radius 2 is 2.11 bits per heavy atom. The van der Waals surface area contributed by atoms with Crippen molar-refractivity contribution in [3.8, 4) is 5.75 Å². The van der Waals surface area contributed by atoms with E-state index in [1.54, 1.807) is 11.0 Å².